The van der Waals surface area contributed by atoms with Crippen LogP contribution in [-0.4, -0.2) is 24.3 Å². The van der Waals surface area contributed by atoms with Crippen LogP contribution >= 0.6 is 0 Å². The lowest BCUT2D eigenvalue weighted by atomic mass is 10.1. The van der Waals surface area contributed by atoms with Crippen LogP contribution in [-0.2, 0) is 0 Å². The summed E-state index contributed by atoms with van der Waals surface area (Å²) in [5.41, 5.74) is 1.18. The maximum atomic E-state index is 10.9. The van der Waals surface area contributed by atoms with Gasteiger partial charge in [-0.1, -0.05) is 24.3 Å². The van der Waals surface area contributed by atoms with Gasteiger partial charge in [-0.15, -0.1) is 0 Å². The van der Waals surface area contributed by atoms with Crippen molar-refractivity contribution >= 4 is 5.97 Å². The SMILES string of the molecule is Cc1ccc(C(=O)O)cc1OCCCCOc1ccccc1. The summed E-state index contributed by atoms with van der Waals surface area (Å²) in [6.07, 6.45) is 1.73. The molecule has 0 aliphatic carbocycles. The van der Waals surface area contributed by atoms with Crippen molar-refractivity contribution in [1.29, 1.82) is 0 Å². The number of benzene rings is 2. The number of aromatic carboxylic acids is 1. The Morgan fingerprint density at radius 2 is 1.68 bits per heavy atom. The number of carboxylic acid groups (broad SMARTS) is 1. The predicted molar refractivity (Wildman–Crippen MR) is 84.8 cm³/mol. The Morgan fingerprint density at radius 1 is 1.00 bits per heavy atom. The second-order valence-corrected chi connectivity index (χ2v) is 5.00. The summed E-state index contributed by atoms with van der Waals surface area (Å²) in [5.74, 6) is 0.554. The fourth-order valence-corrected chi connectivity index (χ4v) is 1.98. The Labute approximate surface area is 130 Å². The fraction of sp³-hybridized carbons (Fsp3) is 0.278. The summed E-state index contributed by atoms with van der Waals surface area (Å²) in [4.78, 5) is 10.9. The lowest BCUT2D eigenvalue weighted by Crippen LogP contribution is -2.04. The third kappa shape index (κ3) is 4.81. The highest BCUT2D eigenvalue weighted by molar-refractivity contribution is 5.88. The molecule has 0 bridgehead atoms. The van der Waals surface area contributed by atoms with Gasteiger partial charge in [-0.3, -0.25) is 0 Å². The molecule has 0 saturated heterocycles. The largest absolute Gasteiger partial charge is 0.494 e. The molecule has 0 amide bonds. The van der Waals surface area contributed by atoms with Gasteiger partial charge in [-0.25, -0.2) is 4.79 Å². The van der Waals surface area contributed by atoms with Gasteiger partial charge in [0.05, 0.1) is 18.8 Å². The predicted octanol–water partition coefficient (Wildman–Crippen LogP) is 3.93. The number of unbranched alkanes of at least 4 members (excludes halogenated alkanes) is 1. The van der Waals surface area contributed by atoms with Crippen molar-refractivity contribution in [2.45, 2.75) is 19.8 Å². The highest BCUT2D eigenvalue weighted by atomic mass is 16.5. The van der Waals surface area contributed by atoms with E-state index in [0.717, 1.165) is 24.2 Å². The maximum Gasteiger partial charge on any atom is 0.335 e. The molecule has 2 aromatic rings. The van der Waals surface area contributed by atoms with Crippen molar-refractivity contribution in [3.63, 3.8) is 0 Å². The summed E-state index contributed by atoms with van der Waals surface area (Å²) in [6.45, 7) is 3.09. The van der Waals surface area contributed by atoms with Crippen LogP contribution in [0.5, 0.6) is 11.5 Å². The Morgan fingerprint density at radius 3 is 2.36 bits per heavy atom. The first-order valence-electron chi connectivity index (χ1n) is 7.31. The smallest absolute Gasteiger partial charge is 0.335 e. The molecule has 0 atom stereocenters. The van der Waals surface area contributed by atoms with E-state index in [2.05, 4.69) is 0 Å². The normalized spacial score (nSPS) is 10.2. The van der Waals surface area contributed by atoms with E-state index in [1.54, 1.807) is 18.2 Å². The van der Waals surface area contributed by atoms with Crippen molar-refractivity contribution < 1.29 is 19.4 Å². The molecule has 0 fully saturated rings. The van der Waals surface area contributed by atoms with Crippen LogP contribution < -0.4 is 9.47 Å². The number of carboxylic acids is 1. The minimum atomic E-state index is -0.943. The van der Waals surface area contributed by atoms with E-state index in [0.29, 0.717) is 19.0 Å². The number of hydrogen-bond donors (Lipinski definition) is 1. The van der Waals surface area contributed by atoms with Crippen LogP contribution in [0.4, 0.5) is 0 Å². The van der Waals surface area contributed by atoms with Gasteiger partial charge < -0.3 is 14.6 Å². The van der Waals surface area contributed by atoms with Crippen LogP contribution in [0.1, 0.15) is 28.8 Å². The monoisotopic (exact) mass is 300 g/mol. The second-order valence-electron chi connectivity index (χ2n) is 5.00. The highest BCUT2D eigenvalue weighted by Gasteiger charge is 2.06. The van der Waals surface area contributed by atoms with Crippen molar-refractivity contribution in [1.82, 2.24) is 0 Å². The van der Waals surface area contributed by atoms with E-state index < -0.39 is 5.97 Å². The van der Waals surface area contributed by atoms with Gasteiger partial charge in [0.25, 0.3) is 0 Å². The first kappa shape index (κ1) is 15.9. The molecule has 0 aliphatic rings. The Balaban J connectivity index is 1.70. The lowest BCUT2D eigenvalue weighted by Gasteiger charge is -2.10. The van der Waals surface area contributed by atoms with Gasteiger partial charge >= 0.3 is 5.97 Å². The van der Waals surface area contributed by atoms with Crippen molar-refractivity contribution in [3.05, 3.63) is 59.7 Å². The van der Waals surface area contributed by atoms with Gasteiger partial charge in [0, 0.05) is 0 Å². The average molecular weight is 300 g/mol. The Bertz CT molecular complexity index is 608. The highest BCUT2D eigenvalue weighted by Crippen LogP contribution is 2.20. The lowest BCUT2D eigenvalue weighted by molar-refractivity contribution is 0.0696. The summed E-state index contributed by atoms with van der Waals surface area (Å²) in [7, 11) is 0. The molecule has 1 N–H and O–H groups in total. The molecule has 116 valence electrons. The molecule has 2 rings (SSSR count). The van der Waals surface area contributed by atoms with Crippen molar-refractivity contribution in [3.8, 4) is 11.5 Å². The topological polar surface area (TPSA) is 55.8 Å². The average Bonchev–Trinajstić information content (AvgIpc) is 2.53. The van der Waals surface area contributed by atoms with Crippen LogP contribution in [0.15, 0.2) is 48.5 Å². The molecular weight excluding hydrogens is 280 g/mol. The molecule has 0 heterocycles. The van der Waals surface area contributed by atoms with E-state index in [1.807, 2.05) is 37.3 Å². The second kappa shape index (κ2) is 8.08. The third-order valence-electron chi connectivity index (χ3n) is 3.24. The summed E-state index contributed by atoms with van der Waals surface area (Å²) >= 11 is 0. The van der Waals surface area contributed by atoms with Crippen LogP contribution in [0.3, 0.4) is 0 Å². The van der Waals surface area contributed by atoms with Gasteiger partial charge in [-0.05, 0) is 49.6 Å². The number of rotatable bonds is 8. The molecule has 0 radical (unpaired) electrons. The maximum absolute atomic E-state index is 10.9. The van der Waals surface area contributed by atoms with Crippen molar-refractivity contribution in [2.24, 2.45) is 0 Å². The molecular formula is C18H20O4. The zero-order valence-electron chi connectivity index (χ0n) is 12.6. The molecule has 0 spiro atoms. The first-order chi connectivity index (χ1) is 10.7. The third-order valence-corrected chi connectivity index (χ3v) is 3.24. The standard InChI is InChI=1S/C18H20O4/c1-14-9-10-15(18(19)20)13-17(14)22-12-6-5-11-21-16-7-3-2-4-8-16/h2-4,7-10,13H,5-6,11-12H2,1H3,(H,19,20). The quantitative estimate of drug-likeness (QED) is 0.750. The van der Waals surface area contributed by atoms with E-state index in [4.69, 9.17) is 14.6 Å². The van der Waals surface area contributed by atoms with E-state index in [1.165, 1.54) is 0 Å². The molecule has 2 aromatic carbocycles. The van der Waals surface area contributed by atoms with Crippen LogP contribution in [0, 0.1) is 6.92 Å². The molecule has 4 nitrogen and oxygen atoms in total. The Hall–Kier alpha value is -2.49. The van der Waals surface area contributed by atoms with E-state index >= 15 is 0 Å². The van der Waals surface area contributed by atoms with Crippen LogP contribution in [0.25, 0.3) is 0 Å². The fourth-order valence-electron chi connectivity index (χ4n) is 1.98. The zero-order valence-corrected chi connectivity index (χ0v) is 12.6. The van der Waals surface area contributed by atoms with Crippen molar-refractivity contribution in [2.75, 3.05) is 13.2 Å². The number of ether oxygens (including phenoxy) is 2. The number of para-hydroxylation sites is 1. The van der Waals surface area contributed by atoms with Gasteiger partial charge in [-0.2, -0.15) is 0 Å². The number of hydrogen-bond acceptors (Lipinski definition) is 3. The Kier molecular flexibility index (Phi) is 5.83. The van der Waals surface area contributed by atoms with Gasteiger partial charge in [0.1, 0.15) is 11.5 Å². The first-order valence-corrected chi connectivity index (χ1v) is 7.31. The summed E-state index contributed by atoms with van der Waals surface area (Å²) in [6, 6.07) is 14.6. The van der Waals surface area contributed by atoms with E-state index in [-0.39, 0.29) is 5.56 Å². The molecule has 4 heteroatoms. The number of carbonyl (C=O) groups is 1. The van der Waals surface area contributed by atoms with E-state index in [9.17, 15) is 4.79 Å². The van der Waals surface area contributed by atoms with Gasteiger partial charge in [0.2, 0.25) is 0 Å². The summed E-state index contributed by atoms with van der Waals surface area (Å²) < 4.78 is 11.3. The molecule has 0 saturated carbocycles. The molecule has 0 unspecified atom stereocenters. The zero-order chi connectivity index (χ0) is 15.8. The molecule has 22 heavy (non-hydrogen) atoms. The number of aryl methyl sites for hydroxylation is 1. The molecule has 0 aliphatic heterocycles. The summed E-state index contributed by atoms with van der Waals surface area (Å²) in [5, 5.41) is 8.98. The minimum Gasteiger partial charge on any atom is -0.494 e. The van der Waals surface area contributed by atoms with Crippen LogP contribution in [0.2, 0.25) is 0 Å². The van der Waals surface area contributed by atoms with Gasteiger partial charge in [0.15, 0.2) is 0 Å². The minimum absolute atomic E-state index is 0.244. The molecule has 0 aromatic heterocycles.